The van der Waals surface area contributed by atoms with Gasteiger partial charge in [-0.25, -0.2) is 9.67 Å². The number of benzene rings is 1. The minimum absolute atomic E-state index is 0.0476. The zero-order valence-electron chi connectivity index (χ0n) is 14.6. The zero-order chi connectivity index (χ0) is 18.3. The third-order valence-corrected chi connectivity index (χ3v) is 5.61. The van der Waals surface area contributed by atoms with E-state index in [2.05, 4.69) is 10.4 Å². The van der Waals surface area contributed by atoms with E-state index in [4.69, 9.17) is 4.98 Å². The molecule has 1 aliphatic rings. The molecule has 0 aliphatic carbocycles. The van der Waals surface area contributed by atoms with Crippen LogP contribution in [-0.4, -0.2) is 37.5 Å². The number of carbonyl (C=O) groups excluding carboxylic acids is 1. The van der Waals surface area contributed by atoms with Crippen molar-refractivity contribution in [1.29, 1.82) is 0 Å². The highest BCUT2D eigenvalue weighted by Crippen LogP contribution is 2.33. The normalized spacial score (nSPS) is 16.0. The molecule has 0 saturated heterocycles. The average Bonchev–Trinajstić information content (AvgIpc) is 3.21. The van der Waals surface area contributed by atoms with Gasteiger partial charge in [0, 0.05) is 18.7 Å². The first-order chi connectivity index (χ1) is 12.6. The lowest BCUT2D eigenvalue weighted by molar-refractivity contribution is -0.121. The Morgan fingerprint density at radius 3 is 2.96 bits per heavy atom. The Morgan fingerprint density at radius 1 is 1.38 bits per heavy atom. The molecule has 0 bridgehead atoms. The van der Waals surface area contributed by atoms with E-state index in [0.29, 0.717) is 28.5 Å². The van der Waals surface area contributed by atoms with Crippen LogP contribution in [0, 0.1) is 6.92 Å². The SMILES string of the molecule is CCNC(=O)CC1CSc2nc3c(cnn3-c3ccccc3C)c(=O)n21. The van der Waals surface area contributed by atoms with Crippen molar-refractivity contribution < 1.29 is 4.79 Å². The van der Waals surface area contributed by atoms with E-state index >= 15 is 0 Å². The summed E-state index contributed by atoms with van der Waals surface area (Å²) in [5.74, 6) is 0.623. The highest BCUT2D eigenvalue weighted by atomic mass is 32.2. The smallest absolute Gasteiger partial charge is 0.265 e. The molecule has 0 fully saturated rings. The van der Waals surface area contributed by atoms with Crippen molar-refractivity contribution in [2.24, 2.45) is 0 Å². The Hall–Kier alpha value is -2.61. The van der Waals surface area contributed by atoms with E-state index in [1.54, 1.807) is 15.4 Å². The monoisotopic (exact) mass is 369 g/mol. The predicted molar refractivity (Wildman–Crippen MR) is 101 cm³/mol. The van der Waals surface area contributed by atoms with Crippen LogP contribution in [0.3, 0.4) is 0 Å². The summed E-state index contributed by atoms with van der Waals surface area (Å²) >= 11 is 1.51. The van der Waals surface area contributed by atoms with Crippen LogP contribution in [0.25, 0.3) is 16.7 Å². The molecule has 1 aromatic carbocycles. The Bertz CT molecular complexity index is 1060. The van der Waals surface area contributed by atoms with Crippen LogP contribution in [0.15, 0.2) is 40.4 Å². The van der Waals surface area contributed by atoms with E-state index in [1.165, 1.54) is 11.8 Å². The maximum atomic E-state index is 13.0. The number of thioether (sulfide) groups is 1. The number of aromatic nitrogens is 4. The molecule has 8 heteroatoms. The second-order valence-corrected chi connectivity index (χ2v) is 7.26. The number of nitrogens with zero attached hydrogens (tertiary/aromatic N) is 4. The summed E-state index contributed by atoms with van der Waals surface area (Å²) in [6.45, 7) is 4.47. The van der Waals surface area contributed by atoms with E-state index in [1.807, 2.05) is 38.1 Å². The largest absolute Gasteiger partial charge is 0.356 e. The molecule has 1 atom stereocenters. The quantitative estimate of drug-likeness (QED) is 0.712. The standard InChI is InChI=1S/C18H19N5O2S/c1-3-19-15(24)8-12-10-26-18-21-16-13(17(25)22(12)18)9-20-23(16)14-7-5-4-6-11(14)2/h4-7,9,12H,3,8,10H2,1-2H3,(H,19,24). The summed E-state index contributed by atoms with van der Waals surface area (Å²) in [7, 11) is 0. The third kappa shape index (κ3) is 2.70. The molecule has 0 saturated carbocycles. The van der Waals surface area contributed by atoms with Gasteiger partial charge in [0.15, 0.2) is 10.8 Å². The molecule has 4 rings (SSSR count). The van der Waals surface area contributed by atoms with E-state index in [9.17, 15) is 9.59 Å². The lowest BCUT2D eigenvalue weighted by Crippen LogP contribution is -2.30. The molecule has 3 heterocycles. The van der Waals surface area contributed by atoms with Crippen LogP contribution < -0.4 is 10.9 Å². The molecule has 0 spiro atoms. The second kappa shape index (κ2) is 6.60. The molecule has 0 radical (unpaired) electrons. The Labute approximate surface area is 154 Å². The molecule has 134 valence electrons. The molecule has 2 aromatic heterocycles. The summed E-state index contributed by atoms with van der Waals surface area (Å²) in [5.41, 5.74) is 2.38. The highest BCUT2D eigenvalue weighted by molar-refractivity contribution is 7.99. The number of hydrogen-bond donors (Lipinski definition) is 1. The minimum Gasteiger partial charge on any atom is -0.356 e. The third-order valence-electron chi connectivity index (χ3n) is 4.51. The average molecular weight is 369 g/mol. The Kier molecular flexibility index (Phi) is 4.28. The maximum Gasteiger partial charge on any atom is 0.265 e. The molecule has 1 aliphatic heterocycles. The minimum atomic E-state index is -0.173. The van der Waals surface area contributed by atoms with E-state index in [0.717, 1.165) is 11.3 Å². The van der Waals surface area contributed by atoms with Crippen molar-refractivity contribution in [3.63, 3.8) is 0 Å². The number of carbonyl (C=O) groups is 1. The van der Waals surface area contributed by atoms with Gasteiger partial charge in [0.1, 0.15) is 5.39 Å². The summed E-state index contributed by atoms with van der Waals surface area (Å²) in [4.78, 5) is 29.7. The number of amides is 1. The molecular weight excluding hydrogens is 350 g/mol. The van der Waals surface area contributed by atoms with E-state index in [-0.39, 0.29) is 23.9 Å². The van der Waals surface area contributed by atoms with Crippen molar-refractivity contribution in [2.75, 3.05) is 12.3 Å². The summed E-state index contributed by atoms with van der Waals surface area (Å²) in [6.07, 6.45) is 1.85. The zero-order valence-corrected chi connectivity index (χ0v) is 15.4. The number of rotatable bonds is 4. The van der Waals surface area contributed by atoms with Crippen LogP contribution in [-0.2, 0) is 4.79 Å². The number of hydrogen-bond acceptors (Lipinski definition) is 5. The van der Waals surface area contributed by atoms with Crippen molar-refractivity contribution in [2.45, 2.75) is 31.5 Å². The van der Waals surface area contributed by atoms with Crippen LogP contribution >= 0.6 is 11.8 Å². The maximum absolute atomic E-state index is 13.0. The fraction of sp³-hybridized carbons (Fsp3) is 0.333. The molecule has 1 amide bonds. The first-order valence-corrected chi connectivity index (χ1v) is 9.54. The van der Waals surface area contributed by atoms with Gasteiger partial charge < -0.3 is 5.32 Å². The fourth-order valence-corrected chi connectivity index (χ4v) is 4.37. The first-order valence-electron chi connectivity index (χ1n) is 8.56. The van der Waals surface area contributed by atoms with Crippen molar-refractivity contribution in [3.8, 4) is 5.69 Å². The van der Waals surface area contributed by atoms with Crippen LogP contribution in [0.4, 0.5) is 0 Å². The molecule has 1 unspecified atom stereocenters. The number of para-hydroxylation sites is 1. The number of nitrogens with one attached hydrogen (secondary N) is 1. The number of aryl methyl sites for hydroxylation is 1. The van der Waals surface area contributed by atoms with Gasteiger partial charge in [-0.05, 0) is 25.5 Å². The van der Waals surface area contributed by atoms with Gasteiger partial charge in [-0.15, -0.1) is 0 Å². The Balaban J connectivity index is 1.81. The molecule has 26 heavy (non-hydrogen) atoms. The lowest BCUT2D eigenvalue weighted by atomic mass is 10.2. The lowest BCUT2D eigenvalue weighted by Gasteiger charge is -2.13. The first kappa shape index (κ1) is 16.8. The van der Waals surface area contributed by atoms with Crippen molar-refractivity contribution >= 4 is 28.7 Å². The van der Waals surface area contributed by atoms with Crippen molar-refractivity contribution in [1.82, 2.24) is 24.6 Å². The van der Waals surface area contributed by atoms with Crippen LogP contribution in [0.1, 0.15) is 24.9 Å². The number of fused-ring (bicyclic) bond motifs is 2. The summed E-state index contributed by atoms with van der Waals surface area (Å²) < 4.78 is 3.36. The Morgan fingerprint density at radius 2 is 2.19 bits per heavy atom. The van der Waals surface area contributed by atoms with Crippen LogP contribution in [0.2, 0.25) is 0 Å². The molecular formula is C18H19N5O2S. The fourth-order valence-electron chi connectivity index (χ4n) is 3.24. The highest BCUT2D eigenvalue weighted by Gasteiger charge is 2.29. The summed E-state index contributed by atoms with van der Waals surface area (Å²) in [6, 6.07) is 7.69. The predicted octanol–water partition coefficient (Wildman–Crippen LogP) is 2.06. The van der Waals surface area contributed by atoms with Gasteiger partial charge in [0.2, 0.25) is 5.91 Å². The summed E-state index contributed by atoms with van der Waals surface area (Å²) in [5, 5.41) is 8.30. The topological polar surface area (TPSA) is 81.8 Å². The van der Waals surface area contributed by atoms with Gasteiger partial charge in [0.05, 0.1) is 17.9 Å². The second-order valence-electron chi connectivity index (χ2n) is 6.27. The van der Waals surface area contributed by atoms with Gasteiger partial charge in [-0.2, -0.15) is 5.10 Å². The molecule has 7 nitrogen and oxygen atoms in total. The van der Waals surface area contributed by atoms with Gasteiger partial charge >= 0.3 is 0 Å². The van der Waals surface area contributed by atoms with Gasteiger partial charge in [0.25, 0.3) is 5.56 Å². The van der Waals surface area contributed by atoms with Crippen LogP contribution in [0.5, 0.6) is 0 Å². The van der Waals surface area contributed by atoms with Gasteiger partial charge in [-0.1, -0.05) is 30.0 Å². The molecule has 1 N–H and O–H groups in total. The molecule has 3 aromatic rings. The van der Waals surface area contributed by atoms with E-state index < -0.39 is 0 Å². The van der Waals surface area contributed by atoms with Crippen molar-refractivity contribution in [3.05, 3.63) is 46.4 Å². The van der Waals surface area contributed by atoms with Gasteiger partial charge in [-0.3, -0.25) is 14.2 Å².